The zero-order chi connectivity index (χ0) is 22.2. The van der Waals surface area contributed by atoms with Crippen LogP contribution in [0.1, 0.15) is 38.1 Å². The molecular weight excluding hydrogens is 390 g/mol. The summed E-state index contributed by atoms with van der Waals surface area (Å²) in [5, 5.41) is 6.96. The molecule has 4 N–H and O–H groups in total. The van der Waals surface area contributed by atoms with E-state index in [-0.39, 0.29) is 11.8 Å². The SMILES string of the molecule is CC(C)[C@H](Nc1nc(CCCC(=O)NCc2ccccc2)nc2ccccc12)C(N)=O. The predicted octanol–water partition coefficient (Wildman–Crippen LogP) is 3.19. The smallest absolute Gasteiger partial charge is 0.240 e. The van der Waals surface area contributed by atoms with Crippen molar-refractivity contribution in [3.8, 4) is 0 Å². The van der Waals surface area contributed by atoms with Gasteiger partial charge in [0.15, 0.2) is 0 Å². The summed E-state index contributed by atoms with van der Waals surface area (Å²) < 4.78 is 0. The molecule has 7 heteroatoms. The molecule has 0 aliphatic carbocycles. The number of rotatable bonds is 10. The van der Waals surface area contributed by atoms with Gasteiger partial charge < -0.3 is 16.4 Å². The second-order valence-corrected chi connectivity index (χ2v) is 7.89. The molecule has 3 aromatic rings. The van der Waals surface area contributed by atoms with Crippen molar-refractivity contribution in [1.29, 1.82) is 0 Å². The Morgan fingerprint density at radius 3 is 2.42 bits per heavy atom. The monoisotopic (exact) mass is 419 g/mol. The fraction of sp³-hybridized carbons (Fsp3) is 0.333. The number of nitrogens with two attached hydrogens (primary N) is 1. The summed E-state index contributed by atoms with van der Waals surface area (Å²) in [6.45, 7) is 4.38. The first kappa shape index (κ1) is 22.2. The van der Waals surface area contributed by atoms with Gasteiger partial charge >= 0.3 is 0 Å². The first-order valence-corrected chi connectivity index (χ1v) is 10.6. The van der Waals surface area contributed by atoms with Crippen molar-refractivity contribution in [2.45, 2.75) is 45.7 Å². The number of hydrogen-bond acceptors (Lipinski definition) is 5. The molecular formula is C24H29N5O2. The van der Waals surface area contributed by atoms with Crippen molar-refractivity contribution in [2.24, 2.45) is 11.7 Å². The fourth-order valence-corrected chi connectivity index (χ4v) is 3.35. The lowest BCUT2D eigenvalue weighted by Crippen LogP contribution is -2.39. The lowest BCUT2D eigenvalue weighted by atomic mass is 10.0. The molecule has 0 spiro atoms. The van der Waals surface area contributed by atoms with Crippen LogP contribution in [0.15, 0.2) is 54.6 Å². The van der Waals surface area contributed by atoms with Crippen molar-refractivity contribution in [3.05, 3.63) is 66.0 Å². The highest BCUT2D eigenvalue weighted by Gasteiger charge is 2.21. The lowest BCUT2D eigenvalue weighted by Gasteiger charge is -2.21. The second-order valence-electron chi connectivity index (χ2n) is 7.89. The van der Waals surface area contributed by atoms with Crippen molar-refractivity contribution in [3.63, 3.8) is 0 Å². The summed E-state index contributed by atoms with van der Waals surface area (Å²) in [6.07, 6.45) is 1.57. The molecule has 0 aliphatic heterocycles. The van der Waals surface area contributed by atoms with Crippen LogP contribution in [0.25, 0.3) is 10.9 Å². The van der Waals surface area contributed by atoms with E-state index < -0.39 is 11.9 Å². The lowest BCUT2D eigenvalue weighted by molar-refractivity contribution is -0.121. The number of nitrogens with zero attached hydrogens (tertiary/aromatic N) is 2. The van der Waals surface area contributed by atoms with E-state index in [1.165, 1.54) is 0 Å². The zero-order valence-corrected chi connectivity index (χ0v) is 18.0. The highest BCUT2D eigenvalue weighted by atomic mass is 16.2. The van der Waals surface area contributed by atoms with Crippen LogP contribution < -0.4 is 16.4 Å². The minimum absolute atomic E-state index is 0.00316. The fourth-order valence-electron chi connectivity index (χ4n) is 3.35. The maximum Gasteiger partial charge on any atom is 0.240 e. The minimum Gasteiger partial charge on any atom is -0.368 e. The van der Waals surface area contributed by atoms with E-state index in [9.17, 15) is 9.59 Å². The van der Waals surface area contributed by atoms with Gasteiger partial charge in [-0.3, -0.25) is 9.59 Å². The molecule has 162 valence electrons. The van der Waals surface area contributed by atoms with Gasteiger partial charge in [-0.05, 0) is 30.0 Å². The number of aryl methyl sites for hydroxylation is 1. The topological polar surface area (TPSA) is 110 Å². The summed E-state index contributed by atoms with van der Waals surface area (Å²) in [6, 6.07) is 16.9. The number of carbonyl (C=O) groups excluding carboxylic acids is 2. The third kappa shape index (κ3) is 6.25. The molecule has 0 saturated heterocycles. The number of amides is 2. The van der Waals surface area contributed by atoms with E-state index in [4.69, 9.17) is 5.73 Å². The minimum atomic E-state index is -0.532. The summed E-state index contributed by atoms with van der Waals surface area (Å²) in [4.78, 5) is 33.3. The standard InChI is InChI=1S/C24H29N5O2/c1-16(2)22(23(25)31)29-24-18-11-6-7-12-19(18)27-20(28-24)13-8-14-21(30)26-15-17-9-4-3-5-10-17/h3-7,9-12,16,22H,8,13-15H2,1-2H3,(H2,25,31)(H,26,30)(H,27,28,29)/t22-/m0/s1. The van der Waals surface area contributed by atoms with Crippen LogP contribution in [0.3, 0.4) is 0 Å². The molecule has 0 bridgehead atoms. The Morgan fingerprint density at radius 1 is 1.00 bits per heavy atom. The first-order chi connectivity index (χ1) is 14.9. The largest absolute Gasteiger partial charge is 0.368 e. The Labute approximate surface area is 182 Å². The van der Waals surface area contributed by atoms with Crippen LogP contribution in [0, 0.1) is 5.92 Å². The van der Waals surface area contributed by atoms with Crippen LogP contribution >= 0.6 is 0 Å². The summed E-state index contributed by atoms with van der Waals surface area (Å²) >= 11 is 0. The summed E-state index contributed by atoms with van der Waals surface area (Å²) in [7, 11) is 0. The molecule has 1 aromatic heterocycles. The number of anilines is 1. The average molecular weight is 420 g/mol. The van der Waals surface area contributed by atoms with Gasteiger partial charge in [-0.15, -0.1) is 0 Å². The zero-order valence-electron chi connectivity index (χ0n) is 18.0. The average Bonchev–Trinajstić information content (AvgIpc) is 2.76. The maximum atomic E-state index is 12.2. The van der Waals surface area contributed by atoms with Gasteiger partial charge in [-0.25, -0.2) is 9.97 Å². The molecule has 0 unspecified atom stereocenters. The van der Waals surface area contributed by atoms with Crippen molar-refractivity contribution >= 4 is 28.5 Å². The van der Waals surface area contributed by atoms with Gasteiger partial charge in [0.05, 0.1) is 5.52 Å². The molecule has 0 saturated carbocycles. The highest BCUT2D eigenvalue weighted by Crippen LogP contribution is 2.22. The molecule has 2 amide bonds. The van der Waals surface area contributed by atoms with Gasteiger partial charge in [-0.2, -0.15) is 0 Å². The van der Waals surface area contributed by atoms with Gasteiger partial charge in [0.2, 0.25) is 11.8 Å². The van der Waals surface area contributed by atoms with Gasteiger partial charge in [-0.1, -0.05) is 56.3 Å². The third-order valence-corrected chi connectivity index (χ3v) is 5.05. The highest BCUT2D eigenvalue weighted by molar-refractivity contribution is 5.92. The van der Waals surface area contributed by atoms with E-state index >= 15 is 0 Å². The van der Waals surface area contributed by atoms with Gasteiger partial charge in [0.1, 0.15) is 17.7 Å². The molecule has 0 radical (unpaired) electrons. The number of hydrogen-bond donors (Lipinski definition) is 3. The Bertz CT molecular complexity index is 1040. The molecule has 0 fully saturated rings. The summed E-state index contributed by atoms with van der Waals surface area (Å²) in [5.74, 6) is 0.810. The normalized spacial score (nSPS) is 12.0. The number of primary amides is 1. The molecule has 1 atom stereocenters. The van der Waals surface area contributed by atoms with E-state index in [1.54, 1.807) is 0 Å². The van der Waals surface area contributed by atoms with E-state index in [0.29, 0.717) is 37.4 Å². The molecule has 1 heterocycles. The van der Waals surface area contributed by atoms with Crippen molar-refractivity contribution in [1.82, 2.24) is 15.3 Å². The number of carbonyl (C=O) groups is 2. The number of para-hydroxylation sites is 1. The molecule has 31 heavy (non-hydrogen) atoms. The Balaban J connectivity index is 1.65. The predicted molar refractivity (Wildman–Crippen MR) is 122 cm³/mol. The van der Waals surface area contributed by atoms with Gasteiger partial charge in [0, 0.05) is 24.8 Å². The van der Waals surface area contributed by atoms with Crippen LogP contribution in [0.4, 0.5) is 5.82 Å². The maximum absolute atomic E-state index is 12.2. The number of nitrogens with one attached hydrogen (secondary N) is 2. The second kappa shape index (κ2) is 10.5. The Kier molecular flexibility index (Phi) is 7.54. The molecule has 2 aromatic carbocycles. The van der Waals surface area contributed by atoms with Gasteiger partial charge in [0.25, 0.3) is 0 Å². The van der Waals surface area contributed by atoms with Crippen LogP contribution in [0.5, 0.6) is 0 Å². The van der Waals surface area contributed by atoms with Crippen LogP contribution in [-0.4, -0.2) is 27.8 Å². The van der Waals surface area contributed by atoms with Crippen LogP contribution in [-0.2, 0) is 22.6 Å². The third-order valence-electron chi connectivity index (χ3n) is 5.05. The summed E-state index contributed by atoms with van der Waals surface area (Å²) in [5.41, 5.74) is 7.42. The van der Waals surface area contributed by atoms with Crippen LogP contribution in [0.2, 0.25) is 0 Å². The molecule has 7 nitrogen and oxygen atoms in total. The number of aromatic nitrogens is 2. The van der Waals surface area contributed by atoms with Crippen molar-refractivity contribution in [2.75, 3.05) is 5.32 Å². The quantitative estimate of drug-likeness (QED) is 0.467. The molecule has 3 rings (SSSR count). The van der Waals surface area contributed by atoms with E-state index in [0.717, 1.165) is 16.5 Å². The molecule has 0 aliphatic rings. The Morgan fingerprint density at radius 2 is 1.71 bits per heavy atom. The number of fused-ring (bicyclic) bond motifs is 1. The Hall–Kier alpha value is -3.48. The van der Waals surface area contributed by atoms with E-state index in [1.807, 2.05) is 68.4 Å². The number of benzene rings is 2. The first-order valence-electron chi connectivity index (χ1n) is 10.6. The van der Waals surface area contributed by atoms with E-state index in [2.05, 4.69) is 20.6 Å². The van der Waals surface area contributed by atoms with Crippen molar-refractivity contribution < 1.29 is 9.59 Å².